The van der Waals surface area contributed by atoms with E-state index in [2.05, 4.69) is 31.8 Å². The van der Waals surface area contributed by atoms with Crippen molar-refractivity contribution in [2.45, 2.75) is 26.4 Å². The number of anilines is 1. The Labute approximate surface area is 218 Å². The van der Waals surface area contributed by atoms with E-state index in [1.54, 1.807) is 49.6 Å². The third kappa shape index (κ3) is 8.74. The van der Waals surface area contributed by atoms with Crippen LogP contribution in [0.4, 0.5) is 5.69 Å². The molecule has 0 aliphatic carbocycles. The minimum absolute atomic E-state index is 0.00631. The SMILES string of the molecule is CCOc1ccc(NC(=O)CCC(=O)NN=Cc2ccc(OCc3ccc(Br)cc3)c(OC)c2)cc1. The first-order valence-electron chi connectivity index (χ1n) is 11.4. The Morgan fingerprint density at radius 1 is 0.917 bits per heavy atom. The molecule has 0 bridgehead atoms. The van der Waals surface area contributed by atoms with Gasteiger partial charge in [0.05, 0.1) is 19.9 Å². The molecule has 0 saturated heterocycles. The van der Waals surface area contributed by atoms with Gasteiger partial charge in [-0.3, -0.25) is 9.59 Å². The van der Waals surface area contributed by atoms with E-state index in [0.717, 1.165) is 21.3 Å². The molecule has 0 fully saturated rings. The zero-order chi connectivity index (χ0) is 25.8. The number of methoxy groups -OCH3 is 1. The van der Waals surface area contributed by atoms with Crippen molar-refractivity contribution in [3.63, 3.8) is 0 Å². The Morgan fingerprint density at radius 3 is 2.33 bits per heavy atom. The van der Waals surface area contributed by atoms with Gasteiger partial charge in [-0.15, -0.1) is 0 Å². The summed E-state index contributed by atoms with van der Waals surface area (Å²) in [6.07, 6.45) is 1.54. The number of hydrogen-bond acceptors (Lipinski definition) is 6. The lowest BCUT2D eigenvalue weighted by atomic mass is 10.2. The first-order chi connectivity index (χ1) is 17.5. The molecule has 9 heteroatoms. The average molecular weight is 554 g/mol. The number of hydrogen-bond donors (Lipinski definition) is 2. The van der Waals surface area contributed by atoms with Crippen LogP contribution in [0.25, 0.3) is 0 Å². The van der Waals surface area contributed by atoms with Crippen molar-refractivity contribution in [3.8, 4) is 17.2 Å². The lowest BCUT2D eigenvalue weighted by Crippen LogP contribution is -2.20. The maximum atomic E-state index is 12.1. The minimum atomic E-state index is -0.366. The largest absolute Gasteiger partial charge is 0.494 e. The number of nitrogens with zero attached hydrogens (tertiary/aromatic N) is 1. The van der Waals surface area contributed by atoms with E-state index < -0.39 is 0 Å². The molecule has 0 radical (unpaired) electrons. The highest BCUT2D eigenvalue weighted by Crippen LogP contribution is 2.28. The number of amides is 2. The van der Waals surface area contributed by atoms with Crippen LogP contribution in [0, 0.1) is 0 Å². The third-order valence-corrected chi connectivity index (χ3v) is 5.46. The number of carbonyl (C=O) groups is 2. The molecular formula is C27H28BrN3O5. The molecule has 0 spiro atoms. The van der Waals surface area contributed by atoms with Crippen molar-refractivity contribution in [2.75, 3.05) is 19.0 Å². The van der Waals surface area contributed by atoms with Crippen molar-refractivity contribution >= 4 is 39.6 Å². The predicted octanol–water partition coefficient (Wildman–Crippen LogP) is 5.30. The third-order valence-electron chi connectivity index (χ3n) is 4.93. The van der Waals surface area contributed by atoms with E-state index in [1.165, 1.54) is 6.21 Å². The molecule has 2 amide bonds. The molecule has 0 saturated carbocycles. The Morgan fingerprint density at radius 2 is 1.64 bits per heavy atom. The summed E-state index contributed by atoms with van der Waals surface area (Å²) in [6.45, 7) is 2.88. The molecule has 0 aliphatic heterocycles. The normalized spacial score (nSPS) is 10.6. The number of rotatable bonds is 12. The summed E-state index contributed by atoms with van der Waals surface area (Å²) >= 11 is 3.41. The maximum absolute atomic E-state index is 12.1. The van der Waals surface area contributed by atoms with Gasteiger partial charge in [0, 0.05) is 23.0 Å². The van der Waals surface area contributed by atoms with Gasteiger partial charge in [0.1, 0.15) is 12.4 Å². The van der Waals surface area contributed by atoms with Crippen LogP contribution < -0.4 is 25.0 Å². The molecule has 3 rings (SSSR count). The van der Waals surface area contributed by atoms with Crippen molar-refractivity contribution in [1.29, 1.82) is 0 Å². The van der Waals surface area contributed by atoms with Crippen LogP contribution in [-0.4, -0.2) is 31.7 Å². The fourth-order valence-electron chi connectivity index (χ4n) is 3.11. The van der Waals surface area contributed by atoms with Crippen molar-refractivity contribution in [1.82, 2.24) is 5.43 Å². The smallest absolute Gasteiger partial charge is 0.240 e. The number of ether oxygens (including phenoxy) is 3. The highest BCUT2D eigenvalue weighted by molar-refractivity contribution is 9.10. The van der Waals surface area contributed by atoms with Gasteiger partial charge in [-0.25, -0.2) is 5.43 Å². The summed E-state index contributed by atoms with van der Waals surface area (Å²) in [7, 11) is 1.56. The summed E-state index contributed by atoms with van der Waals surface area (Å²) in [6, 6.07) is 20.3. The number of benzene rings is 3. The first kappa shape index (κ1) is 26.7. The van der Waals surface area contributed by atoms with Crippen molar-refractivity contribution in [2.24, 2.45) is 5.10 Å². The molecule has 3 aromatic rings. The molecule has 2 N–H and O–H groups in total. The van der Waals surface area contributed by atoms with E-state index in [9.17, 15) is 9.59 Å². The van der Waals surface area contributed by atoms with Gasteiger partial charge in [-0.2, -0.15) is 5.10 Å². The highest BCUT2D eigenvalue weighted by atomic mass is 79.9. The average Bonchev–Trinajstić information content (AvgIpc) is 2.89. The van der Waals surface area contributed by atoms with Gasteiger partial charge >= 0.3 is 0 Å². The van der Waals surface area contributed by atoms with E-state index >= 15 is 0 Å². The van der Waals surface area contributed by atoms with Crippen molar-refractivity contribution in [3.05, 3.63) is 82.3 Å². The van der Waals surface area contributed by atoms with Crippen LogP contribution in [0.5, 0.6) is 17.2 Å². The molecule has 0 atom stereocenters. The quantitative estimate of drug-likeness (QED) is 0.234. The number of carbonyl (C=O) groups excluding carboxylic acids is 2. The molecule has 8 nitrogen and oxygen atoms in total. The van der Waals surface area contributed by atoms with Gasteiger partial charge < -0.3 is 19.5 Å². The van der Waals surface area contributed by atoms with E-state index in [-0.39, 0.29) is 24.7 Å². The molecule has 0 aliphatic rings. The van der Waals surface area contributed by atoms with Crippen molar-refractivity contribution < 1.29 is 23.8 Å². The molecule has 188 valence electrons. The van der Waals surface area contributed by atoms with Crippen LogP contribution in [0.15, 0.2) is 76.3 Å². The number of nitrogens with one attached hydrogen (secondary N) is 2. The van der Waals surface area contributed by atoms with Gasteiger partial charge in [0.25, 0.3) is 0 Å². The van der Waals surface area contributed by atoms with Crippen LogP contribution >= 0.6 is 15.9 Å². The lowest BCUT2D eigenvalue weighted by molar-refractivity contribution is -0.124. The lowest BCUT2D eigenvalue weighted by Gasteiger charge is -2.11. The van der Waals surface area contributed by atoms with Crippen LogP contribution in [0.2, 0.25) is 0 Å². The van der Waals surface area contributed by atoms with Crippen LogP contribution in [0.3, 0.4) is 0 Å². The summed E-state index contributed by atoms with van der Waals surface area (Å²) in [5, 5.41) is 6.72. The second-order valence-corrected chi connectivity index (χ2v) is 8.54. The first-order valence-corrected chi connectivity index (χ1v) is 12.2. The van der Waals surface area contributed by atoms with Crippen LogP contribution in [-0.2, 0) is 16.2 Å². The van der Waals surface area contributed by atoms with Gasteiger partial charge in [0.15, 0.2) is 11.5 Å². The number of hydrazone groups is 1. The second kappa shape index (κ2) is 13.9. The summed E-state index contributed by atoms with van der Waals surface area (Å²) < 4.78 is 17.7. The summed E-state index contributed by atoms with van der Waals surface area (Å²) in [5.41, 5.74) is 4.82. The summed E-state index contributed by atoms with van der Waals surface area (Å²) in [5.74, 6) is 1.25. The standard InChI is InChI=1S/C27H28BrN3O5/c1-3-35-23-11-9-22(10-12-23)30-26(32)14-15-27(33)31-29-17-20-6-13-24(25(16-20)34-2)36-18-19-4-7-21(28)8-5-19/h4-13,16-17H,3,14-15,18H2,1-2H3,(H,30,32)(H,31,33). The fourth-order valence-corrected chi connectivity index (χ4v) is 3.38. The Kier molecular flexibility index (Phi) is 10.3. The van der Waals surface area contributed by atoms with E-state index in [4.69, 9.17) is 14.2 Å². The van der Waals surface area contributed by atoms with Gasteiger partial charge in [0.2, 0.25) is 11.8 Å². The fraction of sp³-hybridized carbons (Fsp3) is 0.222. The zero-order valence-corrected chi connectivity index (χ0v) is 21.7. The van der Waals surface area contributed by atoms with Crippen LogP contribution in [0.1, 0.15) is 30.9 Å². The highest BCUT2D eigenvalue weighted by Gasteiger charge is 2.08. The molecule has 0 heterocycles. The Bertz CT molecular complexity index is 1180. The second-order valence-electron chi connectivity index (χ2n) is 7.62. The molecule has 36 heavy (non-hydrogen) atoms. The van der Waals surface area contributed by atoms with E-state index in [1.807, 2.05) is 31.2 Å². The monoisotopic (exact) mass is 553 g/mol. The zero-order valence-electron chi connectivity index (χ0n) is 20.1. The van der Waals surface area contributed by atoms with Gasteiger partial charge in [-0.05, 0) is 72.6 Å². The Balaban J connectivity index is 1.43. The molecule has 0 aromatic heterocycles. The maximum Gasteiger partial charge on any atom is 0.240 e. The van der Waals surface area contributed by atoms with E-state index in [0.29, 0.717) is 30.4 Å². The topological polar surface area (TPSA) is 98.2 Å². The summed E-state index contributed by atoms with van der Waals surface area (Å²) in [4.78, 5) is 24.2. The Hall–Kier alpha value is -3.85. The molecule has 0 unspecified atom stereocenters. The molecular weight excluding hydrogens is 526 g/mol. The predicted molar refractivity (Wildman–Crippen MR) is 143 cm³/mol. The number of halogens is 1. The molecule has 3 aromatic carbocycles. The minimum Gasteiger partial charge on any atom is -0.494 e. The van der Waals surface area contributed by atoms with Gasteiger partial charge in [-0.1, -0.05) is 28.1 Å².